The van der Waals surface area contributed by atoms with E-state index in [9.17, 15) is 19.7 Å². The average Bonchev–Trinajstić information content (AvgIpc) is 2.94. The first-order chi connectivity index (χ1) is 13.8. The molecule has 0 saturated heterocycles. The fourth-order valence-electron chi connectivity index (χ4n) is 3.03. The highest BCUT2D eigenvalue weighted by Crippen LogP contribution is 2.22. The fraction of sp³-hybridized carbons (Fsp3) is 0.250. The molecule has 0 bridgehead atoms. The normalized spacial score (nSPS) is 11.8. The topological polar surface area (TPSA) is 116 Å². The lowest BCUT2D eigenvalue weighted by Crippen LogP contribution is -2.31. The summed E-state index contributed by atoms with van der Waals surface area (Å²) in [5, 5.41) is 19.8. The number of aryl methyl sites for hydroxylation is 1. The Hall–Kier alpha value is -3.75. The van der Waals surface area contributed by atoms with Gasteiger partial charge in [0.2, 0.25) is 0 Å². The smallest absolute Gasteiger partial charge is 0.328 e. The number of amides is 1. The van der Waals surface area contributed by atoms with Crippen molar-refractivity contribution in [1.82, 2.24) is 9.78 Å². The Balaban J connectivity index is 1.62. The van der Waals surface area contributed by atoms with E-state index in [1.807, 2.05) is 36.4 Å². The van der Waals surface area contributed by atoms with Crippen molar-refractivity contribution in [3.8, 4) is 0 Å². The van der Waals surface area contributed by atoms with E-state index in [2.05, 4.69) is 10.4 Å². The summed E-state index contributed by atoms with van der Waals surface area (Å²) in [6.45, 7) is 4.12. The number of nitro groups is 1. The first kappa shape index (κ1) is 20.0. The molecule has 1 heterocycles. The second-order valence-electron chi connectivity index (χ2n) is 6.62. The Bertz CT molecular complexity index is 1110. The Kier molecular flexibility index (Phi) is 5.58. The minimum Gasteiger partial charge on any atom is -0.451 e. The van der Waals surface area contributed by atoms with Crippen molar-refractivity contribution in [2.45, 2.75) is 33.4 Å². The molecule has 0 saturated carbocycles. The first-order valence-electron chi connectivity index (χ1n) is 8.94. The number of fused-ring (bicyclic) bond motifs is 1. The molecule has 9 nitrogen and oxygen atoms in total. The zero-order valence-electron chi connectivity index (χ0n) is 16.2. The predicted molar refractivity (Wildman–Crippen MR) is 106 cm³/mol. The Morgan fingerprint density at radius 1 is 1.21 bits per heavy atom. The SMILES string of the molecule is Cc1nn(CC(=O)O[C@@H](C)C(=O)Nc2ccc3ccccc3c2)c(C)c1[N+](=O)[O-]. The van der Waals surface area contributed by atoms with Crippen molar-refractivity contribution in [2.75, 3.05) is 5.32 Å². The molecule has 3 aromatic rings. The molecule has 0 spiro atoms. The highest BCUT2D eigenvalue weighted by Gasteiger charge is 2.24. The van der Waals surface area contributed by atoms with Crippen LogP contribution in [-0.2, 0) is 20.9 Å². The van der Waals surface area contributed by atoms with Crippen molar-refractivity contribution in [3.63, 3.8) is 0 Å². The second-order valence-corrected chi connectivity index (χ2v) is 6.62. The van der Waals surface area contributed by atoms with E-state index in [1.165, 1.54) is 25.5 Å². The number of hydrogen-bond acceptors (Lipinski definition) is 6. The molecule has 1 N–H and O–H groups in total. The molecule has 29 heavy (non-hydrogen) atoms. The van der Waals surface area contributed by atoms with Crippen LogP contribution in [0.1, 0.15) is 18.3 Å². The molecule has 0 aliphatic carbocycles. The van der Waals surface area contributed by atoms with Crippen LogP contribution in [0, 0.1) is 24.0 Å². The molecule has 3 rings (SSSR count). The van der Waals surface area contributed by atoms with E-state index in [0.29, 0.717) is 5.69 Å². The summed E-state index contributed by atoms with van der Waals surface area (Å²) >= 11 is 0. The van der Waals surface area contributed by atoms with E-state index in [-0.39, 0.29) is 23.6 Å². The van der Waals surface area contributed by atoms with Crippen molar-refractivity contribution < 1.29 is 19.2 Å². The lowest BCUT2D eigenvalue weighted by molar-refractivity contribution is -0.386. The highest BCUT2D eigenvalue weighted by atomic mass is 16.6. The number of carbonyl (C=O) groups excluding carboxylic acids is 2. The summed E-state index contributed by atoms with van der Waals surface area (Å²) in [5.41, 5.74) is 0.908. The van der Waals surface area contributed by atoms with E-state index >= 15 is 0 Å². The van der Waals surface area contributed by atoms with Crippen molar-refractivity contribution in [1.29, 1.82) is 0 Å². The van der Waals surface area contributed by atoms with Gasteiger partial charge in [-0.25, -0.2) is 0 Å². The summed E-state index contributed by atoms with van der Waals surface area (Å²) < 4.78 is 6.36. The van der Waals surface area contributed by atoms with Gasteiger partial charge in [-0.2, -0.15) is 5.10 Å². The largest absolute Gasteiger partial charge is 0.451 e. The lowest BCUT2D eigenvalue weighted by atomic mass is 10.1. The number of hydrogen-bond donors (Lipinski definition) is 1. The Morgan fingerprint density at radius 2 is 1.90 bits per heavy atom. The average molecular weight is 396 g/mol. The molecule has 0 fully saturated rings. The summed E-state index contributed by atoms with van der Waals surface area (Å²) in [7, 11) is 0. The van der Waals surface area contributed by atoms with Crippen LogP contribution in [0.15, 0.2) is 42.5 Å². The fourth-order valence-corrected chi connectivity index (χ4v) is 3.03. The Labute approximate surface area is 166 Å². The van der Waals surface area contributed by atoms with E-state index < -0.39 is 22.9 Å². The molecule has 0 aliphatic rings. The number of carbonyl (C=O) groups is 2. The molecular formula is C20H20N4O5. The number of ether oxygens (including phenoxy) is 1. The third kappa shape index (κ3) is 4.40. The molecule has 2 aromatic carbocycles. The number of nitrogens with zero attached hydrogens (tertiary/aromatic N) is 3. The van der Waals surface area contributed by atoms with E-state index in [0.717, 1.165) is 10.8 Å². The summed E-state index contributed by atoms with van der Waals surface area (Å²) in [4.78, 5) is 35.0. The van der Waals surface area contributed by atoms with Gasteiger partial charge in [-0.1, -0.05) is 30.3 Å². The molecule has 1 amide bonds. The molecule has 1 atom stereocenters. The summed E-state index contributed by atoms with van der Waals surface area (Å²) in [5.74, 6) is -1.19. The number of nitrogens with one attached hydrogen (secondary N) is 1. The molecule has 9 heteroatoms. The van der Waals surface area contributed by atoms with Gasteiger partial charge in [-0.15, -0.1) is 0 Å². The number of rotatable bonds is 6. The van der Waals surface area contributed by atoms with Gasteiger partial charge in [0.05, 0.1) is 4.92 Å². The maximum atomic E-state index is 12.4. The van der Waals surface area contributed by atoms with Crippen LogP contribution < -0.4 is 5.32 Å². The lowest BCUT2D eigenvalue weighted by Gasteiger charge is -2.14. The summed E-state index contributed by atoms with van der Waals surface area (Å²) in [6.07, 6.45) is -1.04. The molecular weight excluding hydrogens is 376 g/mol. The predicted octanol–water partition coefficient (Wildman–Crippen LogP) is 3.13. The molecule has 0 aliphatic heterocycles. The van der Waals surface area contributed by atoms with Crippen molar-refractivity contribution >= 4 is 34.0 Å². The minimum absolute atomic E-state index is 0.139. The van der Waals surface area contributed by atoms with Crippen molar-refractivity contribution in [3.05, 3.63) is 64.0 Å². The van der Waals surface area contributed by atoms with Crippen LogP contribution in [0.2, 0.25) is 0 Å². The maximum Gasteiger partial charge on any atom is 0.328 e. The van der Waals surface area contributed by atoms with E-state index in [4.69, 9.17) is 4.74 Å². The van der Waals surface area contributed by atoms with Gasteiger partial charge in [0, 0.05) is 5.69 Å². The number of anilines is 1. The molecule has 0 unspecified atom stereocenters. The minimum atomic E-state index is -1.04. The van der Waals surface area contributed by atoms with E-state index in [1.54, 1.807) is 6.07 Å². The Morgan fingerprint density at radius 3 is 2.55 bits per heavy atom. The van der Waals surface area contributed by atoms with Gasteiger partial charge in [-0.3, -0.25) is 24.4 Å². The van der Waals surface area contributed by atoms with Crippen LogP contribution in [0.3, 0.4) is 0 Å². The van der Waals surface area contributed by atoms with Gasteiger partial charge in [0.25, 0.3) is 5.91 Å². The molecule has 0 radical (unpaired) electrons. The zero-order chi connectivity index (χ0) is 21.1. The summed E-state index contributed by atoms with van der Waals surface area (Å²) in [6, 6.07) is 13.2. The monoisotopic (exact) mass is 396 g/mol. The van der Waals surface area contributed by atoms with Crippen LogP contribution >= 0.6 is 0 Å². The first-order valence-corrected chi connectivity index (χ1v) is 8.94. The zero-order valence-corrected chi connectivity index (χ0v) is 16.2. The second kappa shape index (κ2) is 8.09. The van der Waals surface area contributed by atoms with Crippen LogP contribution in [0.5, 0.6) is 0 Å². The van der Waals surface area contributed by atoms with Gasteiger partial charge in [0.1, 0.15) is 17.9 Å². The standard InChI is InChI=1S/C20H20N4O5/c1-12-19(24(27)28)13(2)23(22-12)11-18(25)29-14(3)20(26)21-17-9-8-15-6-4-5-7-16(15)10-17/h4-10,14H,11H2,1-3H3,(H,21,26)/t14-/m0/s1. The third-order valence-electron chi connectivity index (χ3n) is 4.50. The van der Waals surface area contributed by atoms with Crippen LogP contribution in [-0.4, -0.2) is 32.7 Å². The third-order valence-corrected chi connectivity index (χ3v) is 4.50. The quantitative estimate of drug-likeness (QED) is 0.389. The molecule has 150 valence electrons. The number of esters is 1. The van der Waals surface area contributed by atoms with Gasteiger partial charge >= 0.3 is 11.7 Å². The van der Waals surface area contributed by atoms with Crippen LogP contribution in [0.4, 0.5) is 11.4 Å². The van der Waals surface area contributed by atoms with Gasteiger partial charge in [0.15, 0.2) is 6.10 Å². The maximum absolute atomic E-state index is 12.4. The van der Waals surface area contributed by atoms with Crippen molar-refractivity contribution in [2.24, 2.45) is 0 Å². The highest BCUT2D eigenvalue weighted by molar-refractivity contribution is 5.97. The van der Waals surface area contributed by atoms with Crippen LogP contribution in [0.25, 0.3) is 10.8 Å². The number of aromatic nitrogens is 2. The molecule has 1 aromatic heterocycles. The van der Waals surface area contributed by atoms with Gasteiger partial charge in [-0.05, 0) is 43.7 Å². The number of benzene rings is 2. The van der Waals surface area contributed by atoms with Gasteiger partial charge < -0.3 is 10.1 Å².